The molecule has 1 heterocycles. The van der Waals surface area contributed by atoms with E-state index in [1.807, 2.05) is 39.1 Å². The first-order chi connectivity index (χ1) is 13.9. The number of anilines is 3. The van der Waals surface area contributed by atoms with Crippen LogP contribution in [0.1, 0.15) is 17.0 Å². The number of benzene rings is 2. The van der Waals surface area contributed by atoms with E-state index in [-0.39, 0.29) is 11.9 Å². The van der Waals surface area contributed by atoms with E-state index in [9.17, 15) is 9.59 Å². The number of aromatic nitrogens is 2. The number of rotatable bonds is 5. The first kappa shape index (κ1) is 19.9. The second-order valence-corrected chi connectivity index (χ2v) is 6.56. The van der Waals surface area contributed by atoms with Crippen LogP contribution in [0.2, 0.25) is 0 Å². The van der Waals surface area contributed by atoms with Gasteiger partial charge in [-0.15, -0.1) is 0 Å². The Labute approximate surface area is 169 Å². The van der Waals surface area contributed by atoms with Gasteiger partial charge < -0.3 is 16.0 Å². The first-order valence-corrected chi connectivity index (χ1v) is 9.15. The normalized spacial score (nSPS) is 10.7. The summed E-state index contributed by atoms with van der Waals surface area (Å²) >= 11 is 0. The SMILES string of the molecule is Cc1nn(C)c(C)c1/C=C/C(=O)Nc1cccc(NC(=O)Nc2ccccc2)c1. The van der Waals surface area contributed by atoms with E-state index < -0.39 is 0 Å². The zero-order valence-electron chi connectivity index (χ0n) is 16.6. The van der Waals surface area contributed by atoms with Crippen LogP contribution in [0.3, 0.4) is 0 Å². The third kappa shape index (κ3) is 5.32. The Kier molecular flexibility index (Phi) is 6.09. The maximum absolute atomic E-state index is 12.3. The molecule has 0 spiro atoms. The highest BCUT2D eigenvalue weighted by atomic mass is 16.2. The van der Waals surface area contributed by atoms with Crippen LogP contribution in [-0.2, 0) is 11.8 Å². The second kappa shape index (κ2) is 8.88. The van der Waals surface area contributed by atoms with Crippen LogP contribution in [-0.4, -0.2) is 21.7 Å². The minimum absolute atomic E-state index is 0.265. The number of urea groups is 1. The fourth-order valence-electron chi connectivity index (χ4n) is 2.86. The van der Waals surface area contributed by atoms with E-state index in [0.29, 0.717) is 17.1 Å². The highest BCUT2D eigenvalue weighted by Gasteiger charge is 2.07. The van der Waals surface area contributed by atoms with Crippen molar-refractivity contribution in [1.29, 1.82) is 0 Å². The van der Waals surface area contributed by atoms with Gasteiger partial charge in [0.2, 0.25) is 5.91 Å². The maximum Gasteiger partial charge on any atom is 0.323 e. The van der Waals surface area contributed by atoms with Crippen molar-refractivity contribution in [3.63, 3.8) is 0 Å². The van der Waals surface area contributed by atoms with Crippen LogP contribution in [0.5, 0.6) is 0 Å². The molecule has 3 N–H and O–H groups in total. The molecule has 7 heteroatoms. The molecule has 3 rings (SSSR count). The number of carbonyl (C=O) groups excluding carboxylic acids is 2. The molecule has 0 bridgehead atoms. The van der Waals surface area contributed by atoms with Gasteiger partial charge in [-0.2, -0.15) is 5.10 Å². The Bertz CT molecular complexity index is 1050. The average molecular weight is 389 g/mol. The molecular weight excluding hydrogens is 366 g/mol. The minimum atomic E-state index is -0.359. The predicted molar refractivity (Wildman–Crippen MR) is 116 cm³/mol. The van der Waals surface area contributed by atoms with Gasteiger partial charge in [0, 0.05) is 41.4 Å². The van der Waals surface area contributed by atoms with Gasteiger partial charge in [-0.05, 0) is 50.3 Å². The molecule has 0 aliphatic carbocycles. The van der Waals surface area contributed by atoms with Crippen molar-refractivity contribution in [3.05, 3.63) is 77.6 Å². The standard InChI is InChI=1S/C22H23N5O2/c1-15-20(16(2)27(3)26-15)12-13-21(28)23-18-10-7-11-19(14-18)25-22(29)24-17-8-5-4-6-9-17/h4-14H,1-3H3,(H,23,28)(H2,24,25,29)/b13-12+. The van der Waals surface area contributed by atoms with E-state index in [4.69, 9.17) is 0 Å². The zero-order valence-corrected chi connectivity index (χ0v) is 16.6. The number of nitrogens with zero attached hydrogens (tertiary/aromatic N) is 2. The Hall–Kier alpha value is -3.87. The summed E-state index contributed by atoms with van der Waals surface area (Å²) in [4.78, 5) is 24.4. The van der Waals surface area contributed by atoms with Crippen molar-refractivity contribution in [2.24, 2.45) is 7.05 Å². The van der Waals surface area contributed by atoms with Crippen molar-refractivity contribution >= 4 is 35.1 Å². The van der Waals surface area contributed by atoms with Crippen molar-refractivity contribution in [2.75, 3.05) is 16.0 Å². The van der Waals surface area contributed by atoms with E-state index in [1.54, 1.807) is 47.2 Å². The second-order valence-electron chi connectivity index (χ2n) is 6.56. The van der Waals surface area contributed by atoms with E-state index >= 15 is 0 Å². The highest BCUT2D eigenvalue weighted by molar-refractivity contribution is 6.03. The predicted octanol–water partition coefficient (Wildman–Crippen LogP) is 4.33. The summed E-state index contributed by atoms with van der Waals surface area (Å²) < 4.78 is 1.78. The van der Waals surface area contributed by atoms with Crippen LogP contribution in [0, 0.1) is 13.8 Å². The minimum Gasteiger partial charge on any atom is -0.322 e. The lowest BCUT2D eigenvalue weighted by Crippen LogP contribution is -2.19. The van der Waals surface area contributed by atoms with Crippen LogP contribution < -0.4 is 16.0 Å². The summed E-state index contributed by atoms with van der Waals surface area (Å²) in [5, 5.41) is 12.6. The van der Waals surface area contributed by atoms with Gasteiger partial charge in [0.05, 0.1) is 5.69 Å². The molecule has 3 amide bonds. The van der Waals surface area contributed by atoms with Gasteiger partial charge in [-0.1, -0.05) is 24.3 Å². The van der Waals surface area contributed by atoms with Crippen molar-refractivity contribution in [3.8, 4) is 0 Å². The molecule has 1 aromatic heterocycles. The number of hydrogen-bond acceptors (Lipinski definition) is 3. The van der Waals surface area contributed by atoms with Gasteiger partial charge in [-0.3, -0.25) is 9.48 Å². The number of carbonyl (C=O) groups is 2. The number of nitrogens with one attached hydrogen (secondary N) is 3. The largest absolute Gasteiger partial charge is 0.323 e. The summed E-state index contributed by atoms with van der Waals surface area (Å²) in [6.07, 6.45) is 3.22. The van der Waals surface area contributed by atoms with E-state index in [2.05, 4.69) is 21.0 Å². The Morgan fingerprint density at radius 3 is 2.17 bits per heavy atom. The molecule has 0 aliphatic rings. The maximum atomic E-state index is 12.3. The van der Waals surface area contributed by atoms with Gasteiger partial charge in [-0.25, -0.2) is 4.79 Å². The molecule has 7 nitrogen and oxygen atoms in total. The quantitative estimate of drug-likeness (QED) is 0.568. The fourth-order valence-corrected chi connectivity index (χ4v) is 2.86. The summed E-state index contributed by atoms with van der Waals surface area (Å²) in [7, 11) is 1.87. The third-order valence-electron chi connectivity index (χ3n) is 4.39. The highest BCUT2D eigenvalue weighted by Crippen LogP contribution is 2.17. The Balaban J connectivity index is 1.61. The van der Waals surface area contributed by atoms with E-state index in [0.717, 1.165) is 17.0 Å². The fraction of sp³-hybridized carbons (Fsp3) is 0.136. The molecule has 0 aliphatic heterocycles. The zero-order chi connectivity index (χ0) is 20.8. The first-order valence-electron chi connectivity index (χ1n) is 9.15. The molecule has 148 valence electrons. The van der Waals surface area contributed by atoms with Crippen LogP contribution in [0.15, 0.2) is 60.7 Å². The average Bonchev–Trinajstić information content (AvgIpc) is 2.92. The Morgan fingerprint density at radius 2 is 1.52 bits per heavy atom. The summed E-state index contributed by atoms with van der Waals surface area (Å²) in [5.41, 5.74) is 4.62. The summed E-state index contributed by atoms with van der Waals surface area (Å²) in [5.74, 6) is -0.265. The number of hydrogen-bond donors (Lipinski definition) is 3. The molecule has 0 saturated heterocycles. The number of para-hydroxylation sites is 1. The topological polar surface area (TPSA) is 88.1 Å². The third-order valence-corrected chi connectivity index (χ3v) is 4.39. The number of aryl methyl sites for hydroxylation is 2. The summed E-state index contributed by atoms with van der Waals surface area (Å²) in [6.45, 7) is 3.85. The van der Waals surface area contributed by atoms with Crippen molar-refractivity contribution < 1.29 is 9.59 Å². The van der Waals surface area contributed by atoms with Crippen LogP contribution in [0.4, 0.5) is 21.9 Å². The molecule has 0 unspecified atom stereocenters. The lowest BCUT2D eigenvalue weighted by molar-refractivity contribution is -0.111. The molecular formula is C22H23N5O2. The molecule has 3 aromatic rings. The molecule has 0 radical (unpaired) electrons. The smallest absolute Gasteiger partial charge is 0.322 e. The summed E-state index contributed by atoms with van der Waals surface area (Å²) in [6, 6.07) is 15.8. The Morgan fingerprint density at radius 1 is 0.897 bits per heavy atom. The lowest BCUT2D eigenvalue weighted by atomic mass is 10.2. The van der Waals surface area contributed by atoms with Gasteiger partial charge in [0.1, 0.15) is 0 Å². The molecule has 2 aromatic carbocycles. The van der Waals surface area contributed by atoms with Crippen molar-refractivity contribution in [2.45, 2.75) is 13.8 Å². The lowest BCUT2D eigenvalue weighted by Gasteiger charge is -2.09. The van der Waals surface area contributed by atoms with Gasteiger partial charge >= 0.3 is 6.03 Å². The number of amides is 3. The van der Waals surface area contributed by atoms with Gasteiger partial charge in [0.25, 0.3) is 0 Å². The van der Waals surface area contributed by atoms with Crippen LogP contribution >= 0.6 is 0 Å². The van der Waals surface area contributed by atoms with Gasteiger partial charge in [0.15, 0.2) is 0 Å². The van der Waals surface area contributed by atoms with E-state index in [1.165, 1.54) is 6.08 Å². The molecule has 0 saturated carbocycles. The molecule has 0 fully saturated rings. The molecule has 0 atom stereocenters. The monoisotopic (exact) mass is 389 g/mol. The molecule has 29 heavy (non-hydrogen) atoms. The van der Waals surface area contributed by atoms with Crippen molar-refractivity contribution in [1.82, 2.24) is 9.78 Å². The van der Waals surface area contributed by atoms with Crippen LogP contribution in [0.25, 0.3) is 6.08 Å².